The summed E-state index contributed by atoms with van der Waals surface area (Å²) in [5.41, 5.74) is -0.188. The highest BCUT2D eigenvalue weighted by Crippen LogP contribution is 2.19. The van der Waals surface area contributed by atoms with Crippen molar-refractivity contribution in [1.29, 1.82) is 0 Å². The van der Waals surface area contributed by atoms with E-state index in [1.54, 1.807) is 4.90 Å². The highest BCUT2D eigenvalue weighted by molar-refractivity contribution is 5.94. The lowest BCUT2D eigenvalue weighted by Crippen LogP contribution is -2.44. The van der Waals surface area contributed by atoms with Gasteiger partial charge in [0.05, 0.1) is 5.56 Å². The Bertz CT molecular complexity index is 499. The molecule has 0 bridgehead atoms. The topological polar surface area (TPSA) is 32.3 Å². The van der Waals surface area contributed by atoms with Gasteiger partial charge in [-0.25, -0.2) is 8.78 Å². The number of hydrogen-bond acceptors (Lipinski definition) is 2. The molecule has 1 N–H and O–H groups in total. The molecule has 1 fully saturated rings. The molecular weight excluding hydrogens is 274 g/mol. The van der Waals surface area contributed by atoms with Gasteiger partial charge in [0.2, 0.25) is 0 Å². The molecule has 0 spiro atoms. The average Bonchev–Trinajstić information content (AvgIpc) is 2.48. The largest absolute Gasteiger partial charge is 0.336 e. The van der Waals surface area contributed by atoms with Crippen molar-refractivity contribution in [3.8, 4) is 0 Å². The van der Waals surface area contributed by atoms with Crippen molar-refractivity contribution in [3.63, 3.8) is 0 Å². The molecule has 1 atom stereocenters. The predicted octanol–water partition coefficient (Wildman–Crippen LogP) is 2.82. The molecule has 2 rings (SSSR count). The molecule has 1 aromatic carbocycles. The summed E-state index contributed by atoms with van der Waals surface area (Å²) in [6.45, 7) is 6.23. The second-order valence-electron chi connectivity index (χ2n) is 5.87. The summed E-state index contributed by atoms with van der Waals surface area (Å²) in [6.07, 6.45) is 2.13. The predicted molar refractivity (Wildman–Crippen MR) is 78.1 cm³/mol. The number of benzene rings is 1. The van der Waals surface area contributed by atoms with E-state index in [0.29, 0.717) is 12.5 Å². The summed E-state index contributed by atoms with van der Waals surface area (Å²) in [6, 6.07) is 3.68. The summed E-state index contributed by atoms with van der Waals surface area (Å²) in [4.78, 5) is 14.2. The van der Waals surface area contributed by atoms with Gasteiger partial charge in [-0.05, 0) is 57.8 Å². The van der Waals surface area contributed by atoms with E-state index in [-0.39, 0.29) is 11.6 Å². The molecular formula is C16H22F2N2O. The minimum atomic E-state index is -1.06. The Labute approximate surface area is 124 Å². The Kier molecular flexibility index (Phi) is 5.28. The Morgan fingerprint density at radius 3 is 2.81 bits per heavy atom. The number of hydrogen-bond donors (Lipinski definition) is 1. The number of carbonyl (C=O) groups excluding carboxylic acids is 1. The fourth-order valence-electron chi connectivity index (χ4n) is 2.71. The molecule has 0 aliphatic carbocycles. The maximum absolute atomic E-state index is 13.8. The molecule has 21 heavy (non-hydrogen) atoms. The van der Waals surface area contributed by atoms with Gasteiger partial charge in [-0.3, -0.25) is 4.79 Å². The molecule has 3 nitrogen and oxygen atoms in total. The fraction of sp³-hybridized carbons (Fsp3) is 0.562. The monoisotopic (exact) mass is 296 g/mol. The second kappa shape index (κ2) is 6.98. The van der Waals surface area contributed by atoms with E-state index in [9.17, 15) is 13.6 Å². The van der Waals surface area contributed by atoms with Gasteiger partial charge in [0.1, 0.15) is 0 Å². The van der Waals surface area contributed by atoms with E-state index in [2.05, 4.69) is 5.32 Å². The van der Waals surface area contributed by atoms with Gasteiger partial charge in [-0.15, -0.1) is 0 Å². The zero-order chi connectivity index (χ0) is 15.4. The minimum Gasteiger partial charge on any atom is -0.336 e. The molecule has 116 valence electrons. The lowest BCUT2D eigenvalue weighted by molar-refractivity contribution is 0.0655. The van der Waals surface area contributed by atoms with Crippen LogP contribution in [-0.2, 0) is 0 Å². The first kappa shape index (κ1) is 15.9. The maximum Gasteiger partial charge on any atom is 0.257 e. The molecule has 1 aliphatic rings. The zero-order valence-corrected chi connectivity index (χ0v) is 12.5. The van der Waals surface area contributed by atoms with Crippen molar-refractivity contribution in [2.45, 2.75) is 32.7 Å². The standard InChI is InChI=1S/C16H22F2N2O/c1-11(2)20(10-12-5-4-8-19-9-12)16(21)13-6-3-7-14(17)15(13)18/h3,6-7,11-12,19H,4-5,8-10H2,1-2H3. The first-order chi connectivity index (χ1) is 10.0. The quantitative estimate of drug-likeness (QED) is 0.926. The van der Waals surface area contributed by atoms with Crippen molar-refractivity contribution < 1.29 is 13.6 Å². The molecule has 1 heterocycles. The Hall–Kier alpha value is -1.49. The lowest BCUT2D eigenvalue weighted by Gasteiger charge is -2.33. The third-order valence-corrected chi connectivity index (χ3v) is 3.92. The van der Waals surface area contributed by atoms with Crippen LogP contribution in [0.1, 0.15) is 37.0 Å². The summed E-state index contributed by atoms with van der Waals surface area (Å²) in [5, 5.41) is 3.31. The fourth-order valence-corrected chi connectivity index (χ4v) is 2.71. The van der Waals surface area contributed by atoms with Crippen molar-refractivity contribution in [2.75, 3.05) is 19.6 Å². The molecule has 1 saturated heterocycles. The van der Waals surface area contributed by atoms with Crippen LogP contribution in [0.4, 0.5) is 8.78 Å². The van der Waals surface area contributed by atoms with Crippen LogP contribution in [0, 0.1) is 17.6 Å². The van der Waals surface area contributed by atoms with Gasteiger partial charge in [0, 0.05) is 12.6 Å². The second-order valence-corrected chi connectivity index (χ2v) is 5.87. The third-order valence-electron chi connectivity index (χ3n) is 3.92. The Balaban J connectivity index is 2.17. The zero-order valence-electron chi connectivity index (χ0n) is 12.5. The molecule has 0 saturated carbocycles. The third kappa shape index (κ3) is 3.79. The summed E-state index contributed by atoms with van der Waals surface area (Å²) in [7, 11) is 0. The van der Waals surface area contributed by atoms with Crippen molar-refractivity contribution in [1.82, 2.24) is 10.2 Å². The Morgan fingerprint density at radius 2 is 2.19 bits per heavy atom. The van der Waals surface area contributed by atoms with Crippen molar-refractivity contribution in [3.05, 3.63) is 35.4 Å². The van der Waals surface area contributed by atoms with Crippen LogP contribution in [0.5, 0.6) is 0 Å². The van der Waals surface area contributed by atoms with E-state index in [1.807, 2.05) is 13.8 Å². The number of nitrogens with zero attached hydrogens (tertiary/aromatic N) is 1. The molecule has 0 aromatic heterocycles. The van der Waals surface area contributed by atoms with E-state index in [4.69, 9.17) is 0 Å². The average molecular weight is 296 g/mol. The van der Waals surface area contributed by atoms with Gasteiger partial charge in [-0.1, -0.05) is 6.07 Å². The number of nitrogens with one attached hydrogen (secondary N) is 1. The number of rotatable bonds is 4. The SMILES string of the molecule is CC(C)N(CC1CCCNC1)C(=O)c1cccc(F)c1F. The van der Waals surface area contributed by atoms with Crippen LogP contribution in [0.25, 0.3) is 0 Å². The van der Waals surface area contributed by atoms with Crippen molar-refractivity contribution in [2.24, 2.45) is 5.92 Å². The normalized spacial score (nSPS) is 18.8. The molecule has 1 aliphatic heterocycles. The van der Waals surface area contributed by atoms with Crippen LogP contribution in [0.3, 0.4) is 0 Å². The number of amides is 1. The summed E-state index contributed by atoms with van der Waals surface area (Å²) in [5.74, 6) is -2.12. The number of carbonyl (C=O) groups is 1. The highest BCUT2D eigenvalue weighted by atomic mass is 19.2. The molecule has 5 heteroatoms. The van der Waals surface area contributed by atoms with Gasteiger partial charge in [0.25, 0.3) is 5.91 Å². The van der Waals surface area contributed by atoms with E-state index in [0.717, 1.165) is 32.0 Å². The van der Waals surface area contributed by atoms with E-state index >= 15 is 0 Å². The van der Waals surface area contributed by atoms with E-state index < -0.39 is 17.5 Å². The van der Waals surface area contributed by atoms with Gasteiger partial charge in [-0.2, -0.15) is 0 Å². The molecule has 0 radical (unpaired) electrons. The number of piperidine rings is 1. The summed E-state index contributed by atoms with van der Waals surface area (Å²) >= 11 is 0. The van der Waals surface area contributed by atoms with Crippen LogP contribution in [0.2, 0.25) is 0 Å². The van der Waals surface area contributed by atoms with Crippen LogP contribution >= 0.6 is 0 Å². The molecule has 1 unspecified atom stereocenters. The highest BCUT2D eigenvalue weighted by Gasteiger charge is 2.26. The van der Waals surface area contributed by atoms with Crippen molar-refractivity contribution >= 4 is 5.91 Å². The first-order valence-electron chi connectivity index (χ1n) is 7.46. The number of halogens is 2. The smallest absolute Gasteiger partial charge is 0.257 e. The van der Waals surface area contributed by atoms with Gasteiger partial charge < -0.3 is 10.2 Å². The van der Waals surface area contributed by atoms with E-state index in [1.165, 1.54) is 12.1 Å². The first-order valence-corrected chi connectivity index (χ1v) is 7.46. The van der Waals surface area contributed by atoms with Crippen LogP contribution in [0.15, 0.2) is 18.2 Å². The molecule has 1 aromatic rings. The van der Waals surface area contributed by atoms with Crippen LogP contribution in [-0.4, -0.2) is 36.5 Å². The van der Waals surface area contributed by atoms with Crippen LogP contribution < -0.4 is 5.32 Å². The molecule has 1 amide bonds. The van der Waals surface area contributed by atoms with Gasteiger partial charge in [0.15, 0.2) is 11.6 Å². The Morgan fingerprint density at radius 1 is 1.43 bits per heavy atom. The maximum atomic E-state index is 13.8. The summed E-state index contributed by atoms with van der Waals surface area (Å²) < 4.78 is 27.1. The van der Waals surface area contributed by atoms with Gasteiger partial charge >= 0.3 is 0 Å². The minimum absolute atomic E-state index is 0.0536. The lowest BCUT2D eigenvalue weighted by atomic mass is 9.98.